The minimum absolute atomic E-state index is 0.228. The third-order valence-electron chi connectivity index (χ3n) is 11.9. The molecule has 60 heavy (non-hydrogen) atoms. The van der Waals surface area contributed by atoms with Crippen molar-refractivity contribution in [2.75, 3.05) is 41.2 Å². The first kappa shape index (κ1) is 42.3. The van der Waals surface area contributed by atoms with Crippen LogP contribution in [-0.2, 0) is 28.5 Å². The molecule has 7 rings (SSSR count). The molecule has 318 valence electrons. The lowest BCUT2D eigenvalue weighted by Gasteiger charge is -2.31. The number of nitrogens with zero attached hydrogens (tertiary/aromatic N) is 4. The van der Waals surface area contributed by atoms with E-state index in [0.29, 0.717) is 24.4 Å². The Morgan fingerprint density at radius 2 is 1.38 bits per heavy atom. The van der Waals surface area contributed by atoms with Crippen molar-refractivity contribution in [3.8, 4) is 22.4 Å². The van der Waals surface area contributed by atoms with Crippen molar-refractivity contribution in [1.29, 1.82) is 0 Å². The standard InChI is InChI=1S/C43H54N8O8Si/c1-24(56-3)35(48-42(54)58-5)40(52)50-19-9-10-33(50)39-45-31-18-16-29-20-28(15-17-30(29)37(31)47-39)26-11-13-27(14-12-26)32-21-44-38(46-32)34-22-60(7,8)23-51(34)41(53)36(25(2)57-4)49-43(55)59-6/h11-18,20-21,24-25,33-36H,9-10,19,22-23H2,1-8H3,(H,44,46)(H,45,47)(H,48,54)(H,49,55)/t24-,25-,33+,34+,35+,36+/m1/s1. The van der Waals surface area contributed by atoms with E-state index in [0.717, 1.165) is 63.1 Å². The number of hydrogen-bond acceptors (Lipinski definition) is 10. The molecular weight excluding hydrogens is 785 g/mol. The third-order valence-corrected chi connectivity index (χ3v) is 14.6. The number of hydrogen-bond donors (Lipinski definition) is 4. The van der Waals surface area contributed by atoms with Gasteiger partial charge in [-0.15, -0.1) is 0 Å². The highest BCUT2D eigenvalue weighted by atomic mass is 28.3. The van der Waals surface area contributed by atoms with Crippen molar-refractivity contribution in [3.05, 3.63) is 72.4 Å². The molecule has 0 unspecified atom stereocenters. The number of likely N-dealkylation sites (tertiary alicyclic amines) is 1. The second kappa shape index (κ2) is 17.4. The molecule has 5 aromatic rings. The van der Waals surface area contributed by atoms with Crippen LogP contribution in [-0.4, -0.2) is 127 Å². The normalized spacial score (nSPS) is 19.5. The van der Waals surface area contributed by atoms with Gasteiger partial charge in [-0.05, 0) is 66.9 Å². The van der Waals surface area contributed by atoms with Crippen LogP contribution in [0.4, 0.5) is 9.59 Å². The van der Waals surface area contributed by atoms with Gasteiger partial charge in [0.2, 0.25) is 11.8 Å². The number of methoxy groups -OCH3 is 4. The van der Waals surface area contributed by atoms with Crippen molar-refractivity contribution in [3.63, 3.8) is 0 Å². The number of rotatable bonds is 12. The summed E-state index contributed by atoms with van der Waals surface area (Å²) in [7, 11) is 3.73. The van der Waals surface area contributed by atoms with Crippen LogP contribution >= 0.6 is 0 Å². The number of ether oxygens (including phenoxy) is 4. The molecule has 0 bridgehead atoms. The van der Waals surface area contributed by atoms with E-state index in [1.165, 1.54) is 28.4 Å². The summed E-state index contributed by atoms with van der Waals surface area (Å²) in [6, 6.07) is 17.1. The molecule has 4 heterocycles. The monoisotopic (exact) mass is 838 g/mol. The van der Waals surface area contributed by atoms with E-state index < -0.39 is 44.6 Å². The Morgan fingerprint density at radius 1 is 0.767 bits per heavy atom. The van der Waals surface area contributed by atoms with Gasteiger partial charge in [0.25, 0.3) is 0 Å². The Kier molecular flexibility index (Phi) is 12.3. The summed E-state index contributed by atoms with van der Waals surface area (Å²) in [6.45, 7) is 8.53. The summed E-state index contributed by atoms with van der Waals surface area (Å²) in [6.07, 6.45) is 1.46. The summed E-state index contributed by atoms with van der Waals surface area (Å²) in [5, 5.41) is 7.36. The quantitative estimate of drug-likeness (QED) is 0.107. The predicted molar refractivity (Wildman–Crippen MR) is 229 cm³/mol. The second-order valence-electron chi connectivity index (χ2n) is 16.4. The molecule has 2 aliphatic rings. The second-order valence-corrected chi connectivity index (χ2v) is 21.5. The highest BCUT2D eigenvalue weighted by molar-refractivity contribution is 6.78. The number of imidazole rings is 2. The molecule has 4 N–H and O–H groups in total. The Hall–Kier alpha value is -5.78. The van der Waals surface area contributed by atoms with Crippen molar-refractivity contribution in [2.45, 2.75) is 82.2 Å². The predicted octanol–water partition coefficient (Wildman–Crippen LogP) is 6.09. The van der Waals surface area contributed by atoms with Gasteiger partial charge >= 0.3 is 12.2 Å². The van der Waals surface area contributed by atoms with E-state index >= 15 is 0 Å². The number of benzene rings is 3. The van der Waals surface area contributed by atoms with Gasteiger partial charge in [0.05, 0.1) is 69.5 Å². The van der Waals surface area contributed by atoms with Crippen LogP contribution in [0, 0.1) is 0 Å². The van der Waals surface area contributed by atoms with Crippen LogP contribution in [0.3, 0.4) is 0 Å². The summed E-state index contributed by atoms with van der Waals surface area (Å²) in [4.78, 5) is 72.3. The number of carbonyl (C=O) groups is 4. The molecular formula is C43H54N8O8Si. The number of alkyl carbamates (subject to hydrolysis) is 2. The summed E-state index contributed by atoms with van der Waals surface area (Å²) in [5.74, 6) is 0.930. The van der Waals surface area contributed by atoms with E-state index in [2.05, 4.69) is 82.2 Å². The molecule has 17 heteroatoms. The van der Waals surface area contributed by atoms with E-state index in [4.69, 9.17) is 28.9 Å². The molecule has 2 aliphatic heterocycles. The van der Waals surface area contributed by atoms with Gasteiger partial charge in [0.15, 0.2) is 0 Å². The summed E-state index contributed by atoms with van der Waals surface area (Å²) >= 11 is 0. The Morgan fingerprint density at radius 3 is 2.02 bits per heavy atom. The fourth-order valence-corrected chi connectivity index (χ4v) is 11.4. The number of carbonyl (C=O) groups excluding carboxylic acids is 4. The first-order chi connectivity index (χ1) is 28.7. The SMILES string of the molecule is COC(=O)N[C@H](C(=O)N1C[Si](C)(C)C[C@H]1c1ncc(-c2ccc(-c3ccc4c(ccc5nc([C@@H]6CCCN6C(=O)[C@@H](NC(=O)OC)[C@@H](C)OC)[nH]c54)c3)cc2)[nH]1)[C@@H](C)OC. The van der Waals surface area contributed by atoms with E-state index in [-0.39, 0.29) is 23.9 Å². The number of nitrogens with one attached hydrogen (secondary N) is 4. The molecule has 0 saturated carbocycles. The van der Waals surface area contributed by atoms with Gasteiger partial charge in [-0.1, -0.05) is 55.6 Å². The van der Waals surface area contributed by atoms with Crippen LogP contribution < -0.4 is 10.6 Å². The Bertz CT molecular complexity index is 2380. The first-order valence-corrected chi connectivity index (χ1v) is 23.6. The largest absolute Gasteiger partial charge is 0.453 e. The van der Waals surface area contributed by atoms with E-state index in [9.17, 15) is 19.2 Å². The maximum Gasteiger partial charge on any atom is 0.407 e. The van der Waals surface area contributed by atoms with Crippen LogP contribution in [0.5, 0.6) is 0 Å². The highest BCUT2D eigenvalue weighted by Gasteiger charge is 2.46. The molecule has 3 aromatic carbocycles. The van der Waals surface area contributed by atoms with Gasteiger partial charge in [-0.25, -0.2) is 19.6 Å². The lowest BCUT2D eigenvalue weighted by Crippen LogP contribution is -2.54. The number of amides is 4. The molecule has 0 spiro atoms. The van der Waals surface area contributed by atoms with Crippen LogP contribution in [0.1, 0.15) is 50.4 Å². The maximum atomic E-state index is 14.0. The van der Waals surface area contributed by atoms with Gasteiger partial charge in [-0.3, -0.25) is 9.59 Å². The van der Waals surface area contributed by atoms with Crippen molar-refractivity contribution < 1.29 is 38.1 Å². The summed E-state index contributed by atoms with van der Waals surface area (Å²) in [5.41, 5.74) is 5.59. The minimum Gasteiger partial charge on any atom is -0.453 e. The molecule has 2 aromatic heterocycles. The van der Waals surface area contributed by atoms with Gasteiger partial charge < -0.3 is 49.3 Å². The van der Waals surface area contributed by atoms with Gasteiger partial charge in [0, 0.05) is 32.3 Å². The van der Waals surface area contributed by atoms with Crippen LogP contribution in [0.15, 0.2) is 60.8 Å². The zero-order valence-electron chi connectivity index (χ0n) is 35.3. The lowest BCUT2D eigenvalue weighted by molar-refractivity contribution is -0.138. The molecule has 6 atom stereocenters. The smallest absolute Gasteiger partial charge is 0.407 e. The first-order valence-electron chi connectivity index (χ1n) is 20.2. The third kappa shape index (κ3) is 8.46. The van der Waals surface area contributed by atoms with Crippen LogP contribution in [0.25, 0.3) is 44.2 Å². The summed E-state index contributed by atoms with van der Waals surface area (Å²) < 4.78 is 20.5. The molecule has 4 amide bonds. The average Bonchev–Trinajstić information content (AvgIpc) is 4.09. The molecule has 0 radical (unpaired) electrons. The Balaban J connectivity index is 1.09. The Labute approximate surface area is 349 Å². The minimum atomic E-state index is -1.81. The highest BCUT2D eigenvalue weighted by Crippen LogP contribution is 2.39. The fourth-order valence-electron chi connectivity index (χ4n) is 8.48. The zero-order valence-corrected chi connectivity index (χ0v) is 36.3. The van der Waals surface area contributed by atoms with Gasteiger partial charge in [0.1, 0.15) is 23.7 Å². The fraction of sp³-hybridized carbons (Fsp3) is 0.442. The number of H-pyrrole nitrogens is 2. The van der Waals surface area contributed by atoms with E-state index in [1.54, 1.807) is 24.9 Å². The number of aromatic nitrogens is 4. The molecule has 2 fully saturated rings. The molecule has 2 saturated heterocycles. The number of aromatic amines is 2. The van der Waals surface area contributed by atoms with Crippen molar-refractivity contribution >= 4 is 53.9 Å². The molecule has 0 aliphatic carbocycles. The topological polar surface area (TPSA) is 193 Å². The molecule has 16 nitrogen and oxygen atoms in total. The van der Waals surface area contributed by atoms with Crippen molar-refractivity contribution in [1.82, 2.24) is 40.4 Å². The maximum absolute atomic E-state index is 14.0. The average molecular weight is 839 g/mol. The van der Waals surface area contributed by atoms with E-state index in [1.807, 2.05) is 11.0 Å². The van der Waals surface area contributed by atoms with Crippen molar-refractivity contribution in [2.24, 2.45) is 0 Å². The lowest BCUT2D eigenvalue weighted by atomic mass is 9.99. The number of fused-ring (bicyclic) bond motifs is 3. The van der Waals surface area contributed by atoms with Crippen LogP contribution in [0.2, 0.25) is 19.1 Å². The zero-order chi connectivity index (χ0) is 42.9. The van der Waals surface area contributed by atoms with Gasteiger partial charge in [-0.2, -0.15) is 0 Å².